The summed E-state index contributed by atoms with van der Waals surface area (Å²) >= 11 is 5.06. The molecule has 0 aliphatic heterocycles. The first-order valence-corrected chi connectivity index (χ1v) is 7.94. The first-order chi connectivity index (χ1) is 11.9. The van der Waals surface area contributed by atoms with Crippen molar-refractivity contribution in [2.75, 3.05) is 6.61 Å². The maximum atomic E-state index is 11.8. The lowest BCUT2D eigenvalue weighted by Gasteiger charge is -2.11. The Morgan fingerprint density at radius 1 is 1.16 bits per heavy atom. The topological polar surface area (TPSA) is 87.7 Å². The van der Waals surface area contributed by atoms with Gasteiger partial charge in [-0.2, -0.15) is 0 Å². The van der Waals surface area contributed by atoms with Crippen molar-refractivity contribution in [3.05, 3.63) is 65.2 Å². The van der Waals surface area contributed by atoms with Crippen LogP contribution in [-0.4, -0.2) is 28.7 Å². The van der Waals surface area contributed by atoms with E-state index in [0.29, 0.717) is 12.3 Å². The predicted octanol–water partition coefficient (Wildman–Crippen LogP) is 2.26. The van der Waals surface area contributed by atoms with Crippen LogP contribution in [0.1, 0.15) is 21.5 Å². The van der Waals surface area contributed by atoms with Crippen LogP contribution >= 0.6 is 12.2 Å². The van der Waals surface area contributed by atoms with Crippen LogP contribution in [0.2, 0.25) is 0 Å². The summed E-state index contributed by atoms with van der Waals surface area (Å²) in [6.07, 6.45) is 0. The molecule has 25 heavy (non-hydrogen) atoms. The predicted molar refractivity (Wildman–Crippen MR) is 97.7 cm³/mol. The van der Waals surface area contributed by atoms with Crippen LogP contribution < -0.4 is 15.4 Å². The minimum Gasteiger partial charge on any atom is -0.484 e. The number of amides is 1. The fraction of sp³-hybridized carbons (Fsp3) is 0.167. The normalized spacial score (nSPS) is 9.96. The molecule has 0 saturated carbocycles. The molecule has 0 unspecified atom stereocenters. The van der Waals surface area contributed by atoms with E-state index in [4.69, 9.17) is 22.1 Å². The van der Waals surface area contributed by atoms with Crippen molar-refractivity contribution in [1.82, 2.24) is 10.6 Å². The monoisotopic (exact) mass is 358 g/mol. The second-order valence-electron chi connectivity index (χ2n) is 5.34. The Morgan fingerprint density at radius 3 is 2.52 bits per heavy atom. The molecule has 6 nitrogen and oxygen atoms in total. The zero-order valence-corrected chi connectivity index (χ0v) is 14.4. The molecule has 1 amide bonds. The molecular formula is C18H18N2O4S. The van der Waals surface area contributed by atoms with Gasteiger partial charge in [-0.25, -0.2) is 4.79 Å². The highest BCUT2D eigenvalue weighted by Crippen LogP contribution is 2.11. The number of nitrogens with one attached hydrogen (secondary N) is 2. The van der Waals surface area contributed by atoms with Gasteiger partial charge in [0.15, 0.2) is 11.7 Å². The third-order valence-corrected chi connectivity index (χ3v) is 3.51. The summed E-state index contributed by atoms with van der Waals surface area (Å²) in [6, 6.07) is 13.8. The number of hydrogen-bond acceptors (Lipinski definition) is 4. The Hall–Kier alpha value is -2.93. The van der Waals surface area contributed by atoms with E-state index in [0.717, 1.165) is 11.1 Å². The largest absolute Gasteiger partial charge is 0.484 e. The molecule has 0 fully saturated rings. The molecule has 7 heteroatoms. The van der Waals surface area contributed by atoms with Gasteiger partial charge in [-0.05, 0) is 54.5 Å². The van der Waals surface area contributed by atoms with Crippen LogP contribution in [0.4, 0.5) is 0 Å². The molecule has 0 heterocycles. The van der Waals surface area contributed by atoms with Gasteiger partial charge in [0.1, 0.15) is 5.75 Å². The Balaban J connectivity index is 1.73. The van der Waals surface area contributed by atoms with Gasteiger partial charge < -0.3 is 20.5 Å². The molecule has 0 aliphatic carbocycles. The minimum atomic E-state index is -0.976. The summed E-state index contributed by atoms with van der Waals surface area (Å²) in [5.74, 6) is -0.719. The van der Waals surface area contributed by atoms with Gasteiger partial charge in [-0.1, -0.05) is 24.3 Å². The Morgan fingerprint density at radius 2 is 1.88 bits per heavy atom. The number of thiocarbonyl (C=S) groups is 1. The van der Waals surface area contributed by atoms with Gasteiger partial charge in [0, 0.05) is 6.54 Å². The van der Waals surface area contributed by atoms with Crippen LogP contribution in [0.15, 0.2) is 48.5 Å². The van der Waals surface area contributed by atoms with Crippen molar-refractivity contribution in [3.63, 3.8) is 0 Å². The van der Waals surface area contributed by atoms with E-state index in [1.165, 1.54) is 12.1 Å². The summed E-state index contributed by atoms with van der Waals surface area (Å²) in [5.41, 5.74) is 2.11. The molecule has 130 valence electrons. The lowest BCUT2D eigenvalue weighted by atomic mass is 10.1. The Labute approximate surface area is 150 Å². The van der Waals surface area contributed by atoms with Gasteiger partial charge in [0.25, 0.3) is 5.91 Å². The average Bonchev–Trinajstić information content (AvgIpc) is 2.58. The van der Waals surface area contributed by atoms with E-state index in [1.54, 1.807) is 18.2 Å². The van der Waals surface area contributed by atoms with E-state index in [-0.39, 0.29) is 23.2 Å². The van der Waals surface area contributed by atoms with Gasteiger partial charge in [-0.15, -0.1) is 0 Å². The highest BCUT2D eigenvalue weighted by atomic mass is 32.1. The van der Waals surface area contributed by atoms with Crippen molar-refractivity contribution in [3.8, 4) is 5.75 Å². The summed E-state index contributed by atoms with van der Waals surface area (Å²) in [5, 5.41) is 14.4. The van der Waals surface area contributed by atoms with Gasteiger partial charge in [0.2, 0.25) is 0 Å². The van der Waals surface area contributed by atoms with E-state index in [1.807, 2.05) is 25.1 Å². The third-order valence-electron chi connectivity index (χ3n) is 3.27. The zero-order valence-electron chi connectivity index (χ0n) is 13.6. The van der Waals surface area contributed by atoms with Crippen LogP contribution in [0.5, 0.6) is 5.75 Å². The number of benzene rings is 2. The average molecular weight is 358 g/mol. The van der Waals surface area contributed by atoms with E-state index in [9.17, 15) is 9.59 Å². The second kappa shape index (κ2) is 8.79. The van der Waals surface area contributed by atoms with E-state index >= 15 is 0 Å². The highest BCUT2D eigenvalue weighted by Gasteiger charge is 2.06. The fourth-order valence-corrected chi connectivity index (χ4v) is 2.19. The molecule has 0 saturated heterocycles. The molecular weight excluding hydrogens is 340 g/mol. The van der Waals surface area contributed by atoms with Crippen molar-refractivity contribution in [2.45, 2.75) is 13.5 Å². The third kappa shape index (κ3) is 6.23. The first kappa shape index (κ1) is 18.4. The van der Waals surface area contributed by atoms with E-state index in [2.05, 4.69) is 10.6 Å². The number of carboxylic acid groups (broad SMARTS) is 1. The number of hydrogen-bond donors (Lipinski definition) is 3. The minimum absolute atomic E-state index is 0.140. The first-order valence-electron chi connectivity index (χ1n) is 7.53. The molecule has 0 bridgehead atoms. The molecule has 0 aromatic heterocycles. The number of aryl methyl sites for hydroxylation is 1. The Bertz CT molecular complexity index is 775. The molecule has 2 aromatic carbocycles. The molecule has 2 rings (SSSR count). The van der Waals surface area contributed by atoms with Gasteiger partial charge in [-0.3, -0.25) is 4.79 Å². The molecule has 0 aliphatic rings. The lowest BCUT2D eigenvalue weighted by Crippen LogP contribution is -2.41. The molecule has 0 spiro atoms. The van der Waals surface area contributed by atoms with Crippen molar-refractivity contribution in [1.29, 1.82) is 0 Å². The van der Waals surface area contributed by atoms with Crippen molar-refractivity contribution in [2.24, 2.45) is 0 Å². The lowest BCUT2D eigenvalue weighted by molar-refractivity contribution is -0.121. The zero-order chi connectivity index (χ0) is 18.2. The van der Waals surface area contributed by atoms with Crippen LogP contribution in [0.3, 0.4) is 0 Å². The number of ether oxygens (including phenoxy) is 1. The maximum Gasteiger partial charge on any atom is 0.335 e. The molecule has 3 N–H and O–H groups in total. The maximum absolute atomic E-state index is 11.8. The quantitative estimate of drug-likeness (QED) is 0.687. The van der Waals surface area contributed by atoms with E-state index < -0.39 is 5.97 Å². The number of aromatic carboxylic acids is 1. The number of carbonyl (C=O) groups is 2. The summed E-state index contributed by atoms with van der Waals surface area (Å²) in [6.45, 7) is 2.17. The van der Waals surface area contributed by atoms with Crippen LogP contribution in [-0.2, 0) is 11.3 Å². The van der Waals surface area contributed by atoms with Crippen LogP contribution in [0, 0.1) is 6.92 Å². The number of carboxylic acids is 1. The summed E-state index contributed by atoms with van der Waals surface area (Å²) in [7, 11) is 0. The highest BCUT2D eigenvalue weighted by molar-refractivity contribution is 7.80. The second-order valence-corrected chi connectivity index (χ2v) is 5.75. The van der Waals surface area contributed by atoms with Crippen molar-refractivity contribution >= 4 is 29.2 Å². The summed E-state index contributed by atoms with van der Waals surface area (Å²) < 4.78 is 5.39. The fourth-order valence-electron chi connectivity index (χ4n) is 2.01. The molecule has 2 aromatic rings. The standard InChI is InChI=1S/C18H18N2O4S/c1-12-3-2-4-15(9-12)24-11-16(21)20-18(25)19-10-13-5-7-14(8-6-13)17(22)23/h2-9H,10-11H2,1H3,(H,22,23)(H2,19,20,21,25). The summed E-state index contributed by atoms with van der Waals surface area (Å²) in [4.78, 5) is 22.6. The van der Waals surface area contributed by atoms with Crippen molar-refractivity contribution < 1.29 is 19.4 Å². The smallest absolute Gasteiger partial charge is 0.335 e. The van der Waals surface area contributed by atoms with Crippen LogP contribution in [0.25, 0.3) is 0 Å². The van der Waals surface area contributed by atoms with Gasteiger partial charge >= 0.3 is 5.97 Å². The SMILES string of the molecule is Cc1cccc(OCC(=O)NC(=S)NCc2ccc(C(=O)O)cc2)c1. The molecule has 0 atom stereocenters. The number of carbonyl (C=O) groups excluding carboxylic acids is 1. The molecule has 0 radical (unpaired) electrons. The number of rotatable bonds is 6. The Kier molecular flexibility index (Phi) is 6.47. The van der Waals surface area contributed by atoms with Gasteiger partial charge in [0.05, 0.1) is 5.56 Å².